The van der Waals surface area contributed by atoms with Crippen molar-refractivity contribution < 1.29 is 23.1 Å². The monoisotopic (exact) mass is 591 g/mol. The summed E-state index contributed by atoms with van der Waals surface area (Å²) in [5.74, 6) is 0.979. The summed E-state index contributed by atoms with van der Waals surface area (Å²) in [4.78, 5) is 29.6. The van der Waals surface area contributed by atoms with Crippen molar-refractivity contribution in [3.8, 4) is 5.75 Å². The van der Waals surface area contributed by atoms with Gasteiger partial charge in [-0.05, 0) is 73.9 Å². The number of ether oxygens (including phenoxy) is 1. The maximum absolute atomic E-state index is 14.1. The molecule has 0 saturated heterocycles. The lowest BCUT2D eigenvalue weighted by atomic mass is 9.94. The van der Waals surface area contributed by atoms with Gasteiger partial charge in [0.2, 0.25) is 11.8 Å². The third kappa shape index (κ3) is 7.02. The van der Waals surface area contributed by atoms with Crippen molar-refractivity contribution in [1.82, 2.24) is 20.1 Å². The minimum absolute atomic E-state index is 0.0171. The summed E-state index contributed by atoms with van der Waals surface area (Å²) >= 11 is 1.23. The van der Waals surface area contributed by atoms with Gasteiger partial charge in [0.25, 0.3) is 0 Å². The number of hydrogen-bond acceptors (Lipinski definition) is 7. The quantitative estimate of drug-likeness (QED) is 0.224. The number of thioether (sulfide) groups is 1. The standard InChI is InChI=1S/C31H34FN5O4S/c1-21-34-35-31(36(21)19-27-9-6-18-41-27)42-20-28(38)37(25-14-16-26(40-2)17-15-25)29(22-10-12-23(32)13-11-22)30(39)33-24-7-4-3-5-8-24/h6,9-18,24,29H,3-5,7-8,19-20H2,1-2H3,(H,33,39)/t29-/m0/s1. The Labute approximate surface area is 248 Å². The van der Waals surface area contributed by atoms with Crippen LogP contribution in [0.3, 0.4) is 0 Å². The number of aryl methyl sites for hydroxylation is 1. The van der Waals surface area contributed by atoms with Crippen LogP contribution in [0.2, 0.25) is 0 Å². The molecule has 2 heterocycles. The normalized spacial score (nSPS) is 14.4. The van der Waals surface area contributed by atoms with E-state index in [1.807, 2.05) is 23.6 Å². The molecule has 1 aliphatic carbocycles. The van der Waals surface area contributed by atoms with Crippen molar-refractivity contribution in [1.29, 1.82) is 0 Å². The molecule has 220 valence electrons. The van der Waals surface area contributed by atoms with Gasteiger partial charge in [-0.25, -0.2) is 4.39 Å². The molecule has 5 rings (SSSR count). The van der Waals surface area contributed by atoms with E-state index in [4.69, 9.17) is 9.15 Å². The Hall–Kier alpha value is -4.12. The minimum Gasteiger partial charge on any atom is -0.497 e. The highest BCUT2D eigenvalue weighted by atomic mass is 32.2. The summed E-state index contributed by atoms with van der Waals surface area (Å²) in [6.07, 6.45) is 6.61. The number of anilines is 1. The lowest BCUT2D eigenvalue weighted by molar-refractivity contribution is -0.126. The molecular weight excluding hydrogens is 557 g/mol. The lowest BCUT2D eigenvalue weighted by Crippen LogP contribution is -2.47. The van der Waals surface area contributed by atoms with Gasteiger partial charge in [0, 0.05) is 11.7 Å². The van der Waals surface area contributed by atoms with Gasteiger partial charge in [0.05, 0.1) is 25.7 Å². The predicted octanol–water partition coefficient (Wildman–Crippen LogP) is 5.69. The van der Waals surface area contributed by atoms with Crippen molar-refractivity contribution in [2.24, 2.45) is 0 Å². The van der Waals surface area contributed by atoms with E-state index < -0.39 is 11.9 Å². The number of hydrogen-bond donors (Lipinski definition) is 1. The van der Waals surface area contributed by atoms with Crippen molar-refractivity contribution in [2.45, 2.75) is 62.8 Å². The largest absolute Gasteiger partial charge is 0.497 e. The topological polar surface area (TPSA) is 102 Å². The number of furan rings is 1. The molecule has 42 heavy (non-hydrogen) atoms. The van der Waals surface area contributed by atoms with Crippen LogP contribution in [-0.4, -0.2) is 45.5 Å². The van der Waals surface area contributed by atoms with Crippen LogP contribution in [0.25, 0.3) is 0 Å². The molecule has 0 radical (unpaired) electrons. The molecular formula is C31H34FN5O4S. The van der Waals surface area contributed by atoms with Crippen LogP contribution in [0.4, 0.5) is 10.1 Å². The van der Waals surface area contributed by atoms with Gasteiger partial charge in [0.1, 0.15) is 29.2 Å². The molecule has 2 aromatic heterocycles. The SMILES string of the molecule is COc1ccc(N(C(=O)CSc2nnc(C)n2Cc2ccco2)[C@H](C(=O)NC2CCCCC2)c2ccc(F)cc2)cc1. The second kappa shape index (κ2) is 13.7. The Morgan fingerprint density at radius 3 is 2.50 bits per heavy atom. The summed E-state index contributed by atoms with van der Waals surface area (Å²) in [6.45, 7) is 2.26. The minimum atomic E-state index is -1.02. The highest BCUT2D eigenvalue weighted by Crippen LogP contribution is 2.32. The molecule has 1 aliphatic rings. The highest BCUT2D eigenvalue weighted by molar-refractivity contribution is 7.99. The third-order valence-electron chi connectivity index (χ3n) is 7.38. The van der Waals surface area contributed by atoms with E-state index >= 15 is 0 Å². The second-order valence-electron chi connectivity index (χ2n) is 10.2. The number of amides is 2. The van der Waals surface area contributed by atoms with Crippen LogP contribution in [-0.2, 0) is 16.1 Å². The van der Waals surface area contributed by atoms with Crippen LogP contribution >= 0.6 is 11.8 Å². The Bertz CT molecular complexity index is 1470. The number of halogens is 1. The average molecular weight is 592 g/mol. The number of nitrogens with zero attached hydrogens (tertiary/aromatic N) is 4. The van der Waals surface area contributed by atoms with Gasteiger partial charge < -0.3 is 14.5 Å². The van der Waals surface area contributed by atoms with Gasteiger partial charge >= 0.3 is 0 Å². The van der Waals surface area contributed by atoms with E-state index in [0.29, 0.717) is 34.5 Å². The van der Waals surface area contributed by atoms with Gasteiger partial charge in [-0.1, -0.05) is 43.2 Å². The molecule has 0 aliphatic heterocycles. The number of aromatic nitrogens is 3. The van der Waals surface area contributed by atoms with Crippen LogP contribution < -0.4 is 15.0 Å². The predicted molar refractivity (Wildman–Crippen MR) is 158 cm³/mol. The van der Waals surface area contributed by atoms with Gasteiger partial charge in [0.15, 0.2) is 5.16 Å². The number of carbonyl (C=O) groups is 2. The number of methoxy groups -OCH3 is 1. The molecule has 0 bridgehead atoms. The van der Waals surface area contributed by atoms with Crippen molar-refractivity contribution in [2.75, 3.05) is 17.8 Å². The average Bonchev–Trinajstić information content (AvgIpc) is 3.65. The summed E-state index contributed by atoms with van der Waals surface area (Å²) in [7, 11) is 1.56. The molecule has 2 amide bonds. The zero-order valence-corrected chi connectivity index (χ0v) is 24.5. The van der Waals surface area contributed by atoms with E-state index in [2.05, 4.69) is 15.5 Å². The summed E-state index contributed by atoms with van der Waals surface area (Å²) in [5.41, 5.74) is 1.03. The van der Waals surface area contributed by atoms with Gasteiger partial charge in [-0.15, -0.1) is 10.2 Å². The van der Waals surface area contributed by atoms with E-state index in [1.165, 1.54) is 28.8 Å². The fourth-order valence-electron chi connectivity index (χ4n) is 5.17. The second-order valence-corrected chi connectivity index (χ2v) is 11.2. The van der Waals surface area contributed by atoms with E-state index in [-0.39, 0.29) is 23.6 Å². The van der Waals surface area contributed by atoms with Crippen molar-refractivity contribution in [3.05, 3.63) is 89.9 Å². The van der Waals surface area contributed by atoms with Crippen molar-refractivity contribution >= 4 is 29.3 Å². The number of rotatable bonds is 11. The molecule has 9 nitrogen and oxygen atoms in total. The molecule has 2 aromatic carbocycles. The first-order valence-electron chi connectivity index (χ1n) is 14.0. The first kappa shape index (κ1) is 29.4. The maximum atomic E-state index is 14.1. The summed E-state index contributed by atoms with van der Waals surface area (Å²) < 4.78 is 26.6. The Morgan fingerprint density at radius 1 is 1.10 bits per heavy atom. The first-order valence-corrected chi connectivity index (χ1v) is 15.0. The molecule has 1 atom stereocenters. The van der Waals surface area contributed by atoms with Gasteiger partial charge in [-0.2, -0.15) is 0 Å². The fourth-order valence-corrected chi connectivity index (χ4v) is 6.02. The highest BCUT2D eigenvalue weighted by Gasteiger charge is 2.34. The van der Waals surface area contributed by atoms with Crippen LogP contribution in [0.5, 0.6) is 5.75 Å². The summed E-state index contributed by atoms with van der Waals surface area (Å²) in [6, 6.07) is 15.4. The molecule has 1 saturated carbocycles. The van der Waals surface area contributed by atoms with E-state index in [9.17, 15) is 14.0 Å². The third-order valence-corrected chi connectivity index (χ3v) is 8.34. The summed E-state index contributed by atoms with van der Waals surface area (Å²) in [5, 5.41) is 12.2. The maximum Gasteiger partial charge on any atom is 0.248 e. The molecule has 1 fully saturated rings. The molecule has 4 aromatic rings. The van der Waals surface area contributed by atoms with Crippen molar-refractivity contribution in [3.63, 3.8) is 0 Å². The Kier molecular flexibility index (Phi) is 9.58. The van der Waals surface area contributed by atoms with Crippen LogP contribution in [0.1, 0.15) is 55.3 Å². The molecule has 0 unspecified atom stereocenters. The zero-order valence-electron chi connectivity index (χ0n) is 23.7. The number of nitrogens with one attached hydrogen (secondary N) is 1. The number of carbonyl (C=O) groups excluding carboxylic acids is 2. The molecule has 0 spiro atoms. The Morgan fingerprint density at radius 2 is 1.83 bits per heavy atom. The Balaban J connectivity index is 1.46. The van der Waals surface area contributed by atoms with E-state index in [1.54, 1.807) is 49.8 Å². The van der Waals surface area contributed by atoms with Gasteiger partial charge in [-0.3, -0.25) is 19.1 Å². The molecule has 1 N–H and O–H groups in total. The fraction of sp³-hybridized carbons (Fsp3) is 0.355. The van der Waals surface area contributed by atoms with Crippen LogP contribution in [0, 0.1) is 12.7 Å². The van der Waals surface area contributed by atoms with E-state index in [0.717, 1.165) is 37.9 Å². The molecule has 11 heteroatoms. The smallest absolute Gasteiger partial charge is 0.248 e. The lowest BCUT2D eigenvalue weighted by Gasteiger charge is -2.33. The zero-order chi connectivity index (χ0) is 29.5. The number of benzene rings is 2. The first-order chi connectivity index (χ1) is 20.4. The van der Waals surface area contributed by atoms with Crippen LogP contribution in [0.15, 0.2) is 76.5 Å².